The minimum Gasteiger partial charge on any atom is -0.437 e. The summed E-state index contributed by atoms with van der Waals surface area (Å²) in [6.07, 6.45) is 5.06. The number of halogens is 1. The van der Waals surface area contributed by atoms with Crippen LogP contribution in [0.4, 0.5) is 5.69 Å². The lowest BCUT2D eigenvalue weighted by atomic mass is 9.87. The van der Waals surface area contributed by atoms with E-state index in [1.807, 2.05) is 29.2 Å². The molecule has 1 saturated carbocycles. The Morgan fingerprint density at radius 1 is 1.04 bits per heavy atom. The minimum atomic E-state index is -0.493. The second-order valence-electron chi connectivity index (χ2n) is 6.61. The molecule has 4 N–H and O–H groups in total. The van der Waals surface area contributed by atoms with Crippen molar-refractivity contribution in [3.8, 4) is 11.6 Å². The summed E-state index contributed by atoms with van der Waals surface area (Å²) < 4.78 is 5.80. The number of benzene rings is 1. The number of anilines is 1. The molecule has 1 aliphatic carbocycles. The first-order valence-electron chi connectivity index (χ1n) is 8.83. The molecule has 9 heteroatoms. The Bertz CT molecular complexity index is 891. The fourth-order valence-corrected chi connectivity index (χ4v) is 3.76. The summed E-state index contributed by atoms with van der Waals surface area (Å²) in [6, 6.07) is 10.8. The van der Waals surface area contributed by atoms with Crippen LogP contribution in [0, 0.1) is 0 Å². The molecule has 27 heavy (non-hydrogen) atoms. The van der Waals surface area contributed by atoms with Gasteiger partial charge in [-0.05, 0) is 43.9 Å². The van der Waals surface area contributed by atoms with Crippen LogP contribution in [-0.4, -0.2) is 27.8 Å². The van der Waals surface area contributed by atoms with Crippen LogP contribution >= 0.6 is 11.6 Å². The highest BCUT2D eigenvalue weighted by molar-refractivity contribution is 6.29. The molecule has 1 aliphatic heterocycles. The van der Waals surface area contributed by atoms with E-state index >= 15 is 0 Å². The predicted molar refractivity (Wildman–Crippen MR) is 105 cm³/mol. The highest BCUT2D eigenvalue weighted by atomic mass is 35.5. The quantitative estimate of drug-likeness (QED) is 0.839. The molecule has 1 spiro atoms. The maximum Gasteiger partial charge on any atom is 0.238 e. The second kappa shape index (κ2) is 7.03. The molecule has 0 atom stereocenters. The van der Waals surface area contributed by atoms with Crippen LogP contribution in [0.25, 0.3) is 0 Å². The van der Waals surface area contributed by atoms with Crippen LogP contribution in [0.5, 0.6) is 11.6 Å². The van der Waals surface area contributed by atoms with Crippen LogP contribution < -0.4 is 21.1 Å². The highest BCUT2D eigenvalue weighted by Gasteiger charge is 2.42. The molecule has 0 saturated heterocycles. The third kappa shape index (κ3) is 3.52. The molecule has 0 unspecified atom stereocenters. The zero-order chi connectivity index (χ0) is 18.9. The molecule has 1 aromatic carbocycles. The molecule has 0 radical (unpaired) electrons. The van der Waals surface area contributed by atoms with E-state index in [0.717, 1.165) is 31.4 Å². The Morgan fingerprint density at radius 2 is 1.85 bits per heavy atom. The van der Waals surface area contributed by atoms with Gasteiger partial charge in [0.2, 0.25) is 17.8 Å². The van der Waals surface area contributed by atoms with Crippen molar-refractivity contribution in [2.24, 2.45) is 21.5 Å². The van der Waals surface area contributed by atoms with Crippen LogP contribution in [0.1, 0.15) is 32.1 Å². The van der Waals surface area contributed by atoms with Gasteiger partial charge in [-0.25, -0.2) is 4.99 Å². The zero-order valence-electron chi connectivity index (χ0n) is 14.7. The Kier molecular flexibility index (Phi) is 4.57. The molecular formula is C18H20ClN7O. The summed E-state index contributed by atoms with van der Waals surface area (Å²) in [5, 5.41) is 8.01. The standard InChI is InChI=1S/C18H20ClN7O/c19-14-7-8-15(25-24-14)27-13-6-4-5-12(11-13)26-17(21)22-16(20)23-18(26)9-2-1-3-10-18/h4-8,11H,1-3,9-10H2,(H4,20,21,22,23). The normalized spacial score (nSPS) is 18.8. The van der Waals surface area contributed by atoms with Gasteiger partial charge in [-0.1, -0.05) is 24.1 Å². The minimum absolute atomic E-state index is 0.231. The molecular weight excluding hydrogens is 366 g/mol. The number of ether oxygens (including phenoxy) is 1. The van der Waals surface area contributed by atoms with E-state index in [-0.39, 0.29) is 5.96 Å². The Morgan fingerprint density at radius 3 is 2.59 bits per heavy atom. The molecule has 0 amide bonds. The van der Waals surface area contributed by atoms with Crippen LogP contribution in [0.2, 0.25) is 5.15 Å². The molecule has 2 aliphatic rings. The highest BCUT2D eigenvalue weighted by Crippen LogP contribution is 2.40. The van der Waals surface area contributed by atoms with Gasteiger partial charge >= 0.3 is 0 Å². The predicted octanol–water partition coefficient (Wildman–Crippen LogP) is 3.03. The first kappa shape index (κ1) is 17.5. The van der Waals surface area contributed by atoms with Crippen molar-refractivity contribution in [3.63, 3.8) is 0 Å². The summed E-state index contributed by atoms with van der Waals surface area (Å²) >= 11 is 5.77. The van der Waals surface area contributed by atoms with Crippen molar-refractivity contribution < 1.29 is 4.74 Å². The van der Waals surface area contributed by atoms with Crippen molar-refractivity contribution >= 4 is 29.2 Å². The summed E-state index contributed by atoms with van der Waals surface area (Å²) in [5.74, 6) is 1.53. The first-order valence-corrected chi connectivity index (χ1v) is 9.20. The molecule has 140 valence electrons. The van der Waals surface area contributed by atoms with Gasteiger partial charge in [-0.2, -0.15) is 4.99 Å². The summed E-state index contributed by atoms with van der Waals surface area (Å²) in [4.78, 5) is 10.8. The first-order chi connectivity index (χ1) is 13.1. The van der Waals surface area contributed by atoms with E-state index in [9.17, 15) is 0 Å². The van der Waals surface area contributed by atoms with Crippen LogP contribution in [-0.2, 0) is 0 Å². The average Bonchev–Trinajstić information content (AvgIpc) is 2.64. The maximum absolute atomic E-state index is 6.26. The fourth-order valence-electron chi connectivity index (χ4n) is 3.66. The number of hydrogen-bond acceptors (Lipinski definition) is 8. The van der Waals surface area contributed by atoms with Gasteiger partial charge in [0.25, 0.3) is 0 Å². The molecule has 0 bridgehead atoms. The van der Waals surface area contributed by atoms with Crippen molar-refractivity contribution in [1.29, 1.82) is 0 Å². The van der Waals surface area contributed by atoms with Crippen molar-refractivity contribution in [3.05, 3.63) is 41.6 Å². The number of guanidine groups is 2. The van der Waals surface area contributed by atoms with E-state index in [1.54, 1.807) is 12.1 Å². The molecule has 2 aromatic rings. The largest absolute Gasteiger partial charge is 0.437 e. The zero-order valence-corrected chi connectivity index (χ0v) is 15.4. The maximum atomic E-state index is 6.26. The van der Waals surface area contributed by atoms with Crippen molar-refractivity contribution in [1.82, 2.24) is 10.2 Å². The third-order valence-corrected chi connectivity index (χ3v) is 4.96. The van der Waals surface area contributed by atoms with E-state index in [1.165, 1.54) is 6.42 Å². The van der Waals surface area contributed by atoms with Gasteiger partial charge in [0, 0.05) is 17.8 Å². The number of aliphatic imine (C=N–C) groups is 2. The lowest BCUT2D eigenvalue weighted by Gasteiger charge is -2.45. The molecule has 1 aromatic heterocycles. The Balaban J connectivity index is 1.67. The lowest BCUT2D eigenvalue weighted by Crippen LogP contribution is -2.58. The Labute approximate surface area is 161 Å². The van der Waals surface area contributed by atoms with Crippen LogP contribution in [0.3, 0.4) is 0 Å². The summed E-state index contributed by atoms with van der Waals surface area (Å²) in [6.45, 7) is 0. The summed E-state index contributed by atoms with van der Waals surface area (Å²) in [5.41, 5.74) is 12.5. The number of nitrogens with zero attached hydrogens (tertiary/aromatic N) is 5. The summed E-state index contributed by atoms with van der Waals surface area (Å²) in [7, 11) is 0. The van der Waals surface area contributed by atoms with Crippen LogP contribution in [0.15, 0.2) is 46.4 Å². The SMILES string of the molecule is NC1=NC2(CCCCC2)N(c2cccc(Oc3ccc(Cl)nn3)c2)C(N)=N1. The molecule has 8 nitrogen and oxygen atoms in total. The smallest absolute Gasteiger partial charge is 0.238 e. The van der Waals surface area contributed by atoms with Gasteiger partial charge < -0.3 is 16.2 Å². The van der Waals surface area contributed by atoms with Gasteiger partial charge in [-0.15, -0.1) is 10.2 Å². The molecule has 4 rings (SSSR count). The Hall–Kier alpha value is -2.87. The van der Waals surface area contributed by atoms with Crippen molar-refractivity contribution in [2.45, 2.75) is 37.8 Å². The van der Waals surface area contributed by atoms with Gasteiger partial charge in [0.05, 0.1) is 0 Å². The fraction of sp³-hybridized carbons (Fsp3) is 0.333. The van der Waals surface area contributed by atoms with Crippen molar-refractivity contribution in [2.75, 3.05) is 4.90 Å². The second-order valence-corrected chi connectivity index (χ2v) is 7.00. The number of nitrogens with two attached hydrogens (primary N) is 2. The van der Waals surface area contributed by atoms with Gasteiger partial charge in [0.1, 0.15) is 11.4 Å². The van der Waals surface area contributed by atoms with Gasteiger partial charge in [0.15, 0.2) is 5.15 Å². The van der Waals surface area contributed by atoms with E-state index in [0.29, 0.717) is 22.7 Å². The number of aromatic nitrogens is 2. The number of rotatable bonds is 3. The lowest BCUT2D eigenvalue weighted by molar-refractivity contribution is 0.305. The van der Waals surface area contributed by atoms with E-state index in [4.69, 9.17) is 27.8 Å². The van der Waals surface area contributed by atoms with Gasteiger partial charge in [-0.3, -0.25) is 4.90 Å². The third-order valence-electron chi connectivity index (χ3n) is 4.76. The monoisotopic (exact) mass is 385 g/mol. The number of hydrogen-bond donors (Lipinski definition) is 2. The van der Waals surface area contributed by atoms with E-state index < -0.39 is 5.66 Å². The van der Waals surface area contributed by atoms with E-state index in [2.05, 4.69) is 20.2 Å². The molecule has 1 fully saturated rings. The molecule has 2 heterocycles. The average molecular weight is 386 g/mol. The topological polar surface area (TPSA) is 115 Å².